The first-order chi connectivity index (χ1) is 13.9. The van der Waals surface area contributed by atoms with Gasteiger partial charge in [0.05, 0.1) is 12.9 Å². The highest BCUT2D eigenvalue weighted by Gasteiger charge is 2.31. The number of methoxy groups -OCH3 is 1. The van der Waals surface area contributed by atoms with Gasteiger partial charge in [0.15, 0.2) is 0 Å². The first-order valence-corrected chi connectivity index (χ1v) is 11.1. The predicted molar refractivity (Wildman–Crippen MR) is 108 cm³/mol. The monoisotopic (exact) mass is 420 g/mol. The number of carbonyl (C=O) groups is 1. The summed E-state index contributed by atoms with van der Waals surface area (Å²) < 4.78 is 45.5. The maximum absolute atomic E-state index is 13.8. The molecule has 1 fully saturated rings. The number of hydrogen-bond acceptors (Lipinski definition) is 4. The first-order valence-electron chi connectivity index (χ1n) is 9.51. The Hall–Kier alpha value is -2.45. The fourth-order valence-electron chi connectivity index (χ4n) is 3.42. The molecule has 0 aromatic heterocycles. The summed E-state index contributed by atoms with van der Waals surface area (Å²) in [5, 5.41) is 2.91. The molecule has 6 nitrogen and oxygen atoms in total. The molecule has 1 heterocycles. The van der Waals surface area contributed by atoms with Crippen LogP contribution < -0.4 is 10.1 Å². The lowest BCUT2D eigenvalue weighted by Gasteiger charge is -2.30. The molecule has 29 heavy (non-hydrogen) atoms. The van der Waals surface area contributed by atoms with Crippen LogP contribution in [0.2, 0.25) is 0 Å². The number of hydrogen-bond donors (Lipinski definition) is 1. The average molecular weight is 421 g/mol. The maximum Gasteiger partial charge on any atom is 0.223 e. The molecule has 1 aliphatic heterocycles. The Bertz CT molecular complexity index is 957. The van der Waals surface area contributed by atoms with E-state index in [1.807, 2.05) is 24.3 Å². The highest BCUT2D eigenvalue weighted by molar-refractivity contribution is 7.88. The van der Waals surface area contributed by atoms with Crippen molar-refractivity contribution in [3.8, 4) is 5.75 Å². The van der Waals surface area contributed by atoms with Crippen LogP contribution in [0, 0.1) is 11.7 Å². The SMILES string of the molecule is COc1cccc(CNC(=O)C2CCN(S(=O)(=O)Cc3ccccc3F)CC2)c1. The number of ether oxygens (including phenoxy) is 1. The molecule has 0 saturated carbocycles. The minimum absolute atomic E-state index is 0.0843. The van der Waals surface area contributed by atoms with E-state index < -0.39 is 15.8 Å². The van der Waals surface area contributed by atoms with Gasteiger partial charge in [0.1, 0.15) is 11.6 Å². The second kappa shape index (κ2) is 9.37. The van der Waals surface area contributed by atoms with Crippen molar-refractivity contribution in [2.75, 3.05) is 20.2 Å². The Labute approximate surface area is 170 Å². The van der Waals surface area contributed by atoms with Gasteiger partial charge in [-0.05, 0) is 36.6 Å². The summed E-state index contributed by atoms with van der Waals surface area (Å²) in [6.45, 7) is 0.907. The topological polar surface area (TPSA) is 75.7 Å². The van der Waals surface area contributed by atoms with Gasteiger partial charge in [-0.1, -0.05) is 30.3 Å². The highest BCUT2D eigenvalue weighted by atomic mass is 32.2. The van der Waals surface area contributed by atoms with E-state index >= 15 is 0 Å². The summed E-state index contributed by atoms with van der Waals surface area (Å²) in [6, 6.07) is 13.3. The summed E-state index contributed by atoms with van der Waals surface area (Å²) in [4.78, 5) is 12.5. The molecule has 0 bridgehead atoms. The standard InChI is InChI=1S/C21H25FN2O4S/c1-28-19-7-4-5-16(13-19)14-23-21(25)17-9-11-24(12-10-17)29(26,27)15-18-6-2-3-8-20(18)22/h2-8,13,17H,9-12,14-15H2,1H3,(H,23,25). The third kappa shape index (κ3) is 5.55. The van der Waals surface area contributed by atoms with E-state index in [2.05, 4.69) is 5.32 Å². The fourth-order valence-corrected chi connectivity index (χ4v) is 4.99. The number of amides is 1. The van der Waals surface area contributed by atoms with Crippen LogP contribution in [0.3, 0.4) is 0 Å². The number of nitrogens with zero attached hydrogens (tertiary/aromatic N) is 1. The smallest absolute Gasteiger partial charge is 0.223 e. The van der Waals surface area contributed by atoms with Gasteiger partial charge in [-0.25, -0.2) is 17.1 Å². The van der Waals surface area contributed by atoms with E-state index in [0.717, 1.165) is 11.3 Å². The quantitative estimate of drug-likeness (QED) is 0.747. The minimum Gasteiger partial charge on any atom is -0.497 e. The Kier molecular flexibility index (Phi) is 6.87. The number of nitrogens with one attached hydrogen (secondary N) is 1. The molecule has 2 aromatic carbocycles. The van der Waals surface area contributed by atoms with Crippen molar-refractivity contribution < 1.29 is 22.3 Å². The van der Waals surface area contributed by atoms with E-state index in [4.69, 9.17) is 4.74 Å². The number of piperidine rings is 1. The van der Waals surface area contributed by atoms with E-state index in [0.29, 0.717) is 19.4 Å². The van der Waals surface area contributed by atoms with Crippen molar-refractivity contribution in [1.29, 1.82) is 0 Å². The van der Waals surface area contributed by atoms with Crippen LogP contribution in [0.1, 0.15) is 24.0 Å². The summed E-state index contributed by atoms with van der Waals surface area (Å²) in [5.74, 6) is -0.487. The molecule has 156 valence electrons. The molecule has 0 spiro atoms. The second-order valence-corrected chi connectivity index (χ2v) is 9.06. The third-order valence-electron chi connectivity index (χ3n) is 5.11. The Morgan fingerprint density at radius 1 is 1.17 bits per heavy atom. The molecular weight excluding hydrogens is 395 g/mol. The van der Waals surface area contributed by atoms with Crippen molar-refractivity contribution in [2.24, 2.45) is 5.92 Å². The van der Waals surface area contributed by atoms with Gasteiger partial charge in [0.25, 0.3) is 0 Å². The lowest BCUT2D eigenvalue weighted by Crippen LogP contribution is -2.43. The minimum atomic E-state index is -3.62. The third-order valence-corrected chi connectivity index (χ3v) is 6.94. The molecule has 0 unspecified atom stereocenters. The van der Waals surface area contributed by atoms with Gasteiger partial charge in [-0.15, -0.1) is 0 Å². The van der Waals surface area contributed by atoms with E-state index in [1.165, 1.54) is 22.5 Å². The first kappa shape index (κ1) is 21.3. The Morgan fingerprint density at radius 3 is 2.59 bits per heavy atom. The van der Waals surface area contributed by atoms with Crippen LogP contribution in [0.5, 0.6) is 5.75 Å². The van der Waals surface area contributed by atoms with Crippen LogP contribution in [0.15, 0.2) is 48.5 Å². The number of rotatable bonds is 7. The summed E-state index contributed by atoms with van der Waals surface area (Å²) in [6.07, 6.45) is 0.890. The van der Waals surface area contributed by atoms with Gasteiger partial charge in [0, 0.05) is 31.1 Å². The van der Waals surface area contributed by atoms with Crippen molar-refractivity contribution in [3.63, 3.8) is 0 Å². The van der Waals surface area contributed by atoms with Gasteiger partial charge in [-0.3, -0.25) is 4.79 Å². The highest BCUT2D eigenvalue weighted by Crippen LogP contribution is 2.23. The van der Waals surface area contributed by atoms with Crippen molar-refractivity contribution in [1.82, 2.24) is 9.62 Å². The number of sulfonamides is 1. The summed E-state index contributed by atoms with van der Waals surface area (Å²) in [7, 11) is -2.03. The summed E-state index contributed by atoms with van der Waals surface area (Å²) in [5.41, 5.74) is 1.09. The number of halogens is 1. The van der Waals surface area contributed by atoms with E-state index in [-0.39, 0.29) is 36.2 Å². The van der Waals surface area contributed by atoms with Crippen LogP contribution in [-0.2, 0) is 27.1 Å². The van der Waals surface area contributed by atoms with E-state index in [1.54, 1.807) is 13.2 Å². The van der Waals surface area contributed by atoms with Crippen LogP contribution in [0.25, 0.3) is 0 Å². The lowest BCUT2D eigenvalue weighted by molar-refractivity contribution is -0.126. The molecule has 1 N–H and O–H groups in total. The summed E-state index contributed by atoms with van der Waals surface area (Å²) >= 11 is 0. The van der Waals surface area contributed by atoms with Crippen LogP contribution in [-0.4, -0.2) is 38.8 Å². The largest absolute Gasteiger partial charge is 0.497 e. The van der Waals surface area contributed by atoms with E-state index in [9.17, 15) is 17.6 Å². The fraction of sp³-hybridized carbons (Fsp3) is 0.381. The Morgan fingerprint density at radius 2 is 1.90 bits per heavy atom. The van der Waals surface area contributed by atoms with Crippen molar-refractivity contribution in [3.05, 3.63) is 65.5 Å². The zero-order valence-corrected chi connectivity index (χ0v) is 17.1. The lowest BCUT2D eigenvalue weighted by atomic mass is 9.97. The van der Waals surface area contributed by atoms with Gasteiger partial charge >= 0.3 is 0 Å². The molecule has 1 amide bonds. The maximum atomic E-state index is 13.8. The van der Waals surface area contributed by atoms with Crippen molar-refractivity contribution in [2.45, 2.75) is 25.1 Å². The molecule has 0 aliphatic carbocycles. The molecule has 0 atom stereocenters. The molecule has 0 radical (unpaired) electrons. The van der Waals surface area contributed by atoms with Gasteiger partial charge in [0.2, 0.25) is 15.9 Å². The second-order valence-electron chi connectivity index (χ2n) is 7.09. The molecule has 8 heteroatoms. The molecule has 3 rings (SSSR count). The molecule has 1 saturated heterocycles. The van der Waals surface area contributed by atoms with Crippen molar-refractivity contribution >= 4 is 15.9 Å². The average Bonchev–Trinajstić information content (AvgIpc) is 2.74. The zero-order chi connectivity index (χ0) is 20.9. The zero-order valence-electron chi connectivity index (χ0n) is 16.3. The van der Waals surface area contributed by atoms with Crippen LogP contribution >= 0.6 is 0 Å². The predicted octanol–water partition coefficient (Wildman–Crippen LogP) is 2.69. The van der Waals surface area contributed by atoms with Crippen LogP contribution in [0.4, 0.5) is 4.39 Å². The van der Waals surface area contributed by atoms with Gasteiger partial charge < -0.3 is 10.1 Å². The normalized spacial score (nSPS) is 15.8. The Balaban J connectivity index is 1.51. The molecular formula is C21H25FN2O4S. The number of carbonyl (C=O) groups excluding carboxylic acids is 1. The molecule has 2 aromatic rings. The molecule has 1 aliphatic rings. The number of benzene rings is 2. The van der Waals surface area contributed by atoms with Gasteiger partial charge in [-0.2, -0.15) is 0 Å².